The third-order valence-electron chi connectivity index (χ3n) is 1.75. The Morgan fingerprint density at radius 3 is 2.40 bits per heavy atom. The summed E-state index contributed by atoms with van der Waals surface area (Å²) in [5.41, 5.74) is 6.12. The predicted molar refractivity (Wildman–Crippen MR) is 61.4 cm³/mol. The van der Waals surface area contributed by atoms with Crippen LogP contribution < -0.4 is 5.73 Å². The summed E-state index contributed by atoms with van der Waals surface area (Å²) in [7, 11) is 0. The smallest absolute Gasteiger partial charge is 0.338 e. The van der Waals surface area contributed by atoms with E-state index in [4.69, 9.17) is 33.7 Å². The summed E-state index contributed by atoms with van der Waals surface area (Å²) in [5, 5.41) is 0.511. The van der Waals surface area contributed by atoms with Gasteiger partial charge < -0.3 is 10.5 Å². The largest absolute Gasteiger partial charge is 0.462 e. The number of nitrogen functional groups attached to an aromatic ring is 1. The molecule has 0 unspecified atom stereocenters. The van der Waals surface area contributed by atoms with Gasteiger partial charge in [0.2, 0.25) is 0 Å². The zero-order chi connectivity index (χ0) is 11.4. The SMILES string of the molecule is CCCOC(=O)c1cc(Cl)c(N)c(Cl)c1. The van der Waals surface area contributed by atoms with Gasteiger partial charge in [-0.3, -0.25) is 0 Å². The Bertz CT molecular complexity index is 357. The van der Waals surface area contributed by atoms with Crippen molar-refractivity contribution in [2.24, 2.45) is 0 Å². The third kappa shape index (κ3) is 3.01. The number of benzene rings is 1. The van der Waals surface area contributed by atoms with Crippen LogP contribution in [-0.4, -0.2) is 12.6 Å². The number of carbonyl (C=O) groups is 1. The molecule has 82 valence electrons. The zero-order valence-electron chi connectivity index (χ0n) is 8.22. The lowest BCUT2D eigenvalue weighted by Crippen LogP contribution is -2.06. The average molecular weight is 248 g/mol. The molecule has 5 heteroatoms. The first kappa shape index (κ1) is 12.1. The lowest BCUT2D eigenvalue weighted by Gasteiger charge is -2.06. The lowest BCUT2D eigenvalue weighted by molar-refractivity contribution is 0.0505. The van der Waals surface area contributed by atoms with E-state index in [-0.39, 0.29) is 15.7 Å². The Kier molecular flexibility index (Phi) is 4.24. The van der Waals surface area contributed by atoms with Crippen LogP contribution in [0.25, 0.3) is 0 Å². The molecule has 0 saturated heterocycles. The molecule has 1 aromatic rings. The van der Waals surface area contributed by atoms with Crippen molar-refractivity contribution in [1.29, 1.82) is 0 Å². The monoisotopic (exact) mass is 247 g/mol. The molecule has 0 aromatic heterocycles. The molecule has 0 spiro atoms. The molecule has 0 bridgehead atoms. The first-order chi connectivity index (χ1) is 7.06. The molecule has 0 amide bonds. The first-order valence-corrected chi connectivity index (χ1v) is 5.23. The van der Waals surface area contributed by atoms with Crippen LogP contribution in [0, 0.1) is 0 Å². The second-order valence-corrected chi connectivity index (χ2v) is 3.80. The zero-order valence-corrected chi connectivity index (χ0v) is 9.73. The quantitative estimate of drug-likeness (QED) is 0.660. The van der Waals surface area contributed by atoms with E-state index in [1.54, 1.807) is 0 Å². The first-order valence-electron chi connectivity index (χ1n) is 4.48. The molecule has 15 heavy (non-hydrogen) atoms. The Morgan fingerprint density at radius 2 is 1.93 bits per heavy atom. The number of esters is 1. The minimum Gasteiger partial charge on any atom is -0.462 e. The highest BCUT2D eigenvalue weighted by Crippen LogP contribution is 2.29. The Morgan fingerprint density at radius 1 is 1.40 bits per heavy atom. The maximum Gasteiger partial charge on any atom is 0.338 e. The summed E-state index contributed by atoms with van der Waals surface area (Å²) in [4.78, 5) is 11.4. The molecule has 0 aliphatic rings. The van der Waals surface area contributed by atoms with E-state index in [0.29, 0.717) is 12.2 Å². The summed E-state index contributed by atoms with van der Waals surface area (Å²) >= 11 is 11.6. The standard InChI is InChI=1S/C10H11Cl2NO2/c1-2-3-15-10(14)6-4-7(11)9(13)8(12)5-6/h4-5H,2-3,13H2,1H3. The molecule has 0 aliphatic carbocycles. The summed E-state index contributed by atoms with van der Waals surface area (Å²) in [6.45, 7) is 2.29. The number of carbonyl (C=O) groups excluding carboxylic acids is 1. The molecule has 0 atom stereocenters. The number of ether oxygens (including phenoxy) is 1. The van der Waals surface area contributed by atoms with Gasteiger partial charge in [-0.25, -0.2) is 4.79 Å². The van der Waals surface area contributed by atoms with Gasteiger partial charge in [-0.15, -0.1) is 0 Å². The van der Waals surface area contributed by atoms with Gasteiger partial charge in [-0.05, 0) is 18.6 Å². The number of hydrogen-bond donors (Lipinski definition) is 1. The van der Waals surface area contributed by atoms with Gasteiger partial charge in [0.05, 0.1) is 27.9 Å². The normalized spacial score (nSPS) is 10.1. The maximum atomic E-state index is 11.4. The topological polar surface area (TPSA) is 52.3 Å². The van der Waals surface area contributed by atoms with Crippen LogP contribution >= 0.6 is 23.2 Å². The number of rotatable bonds is 3. The van der Waals surface area contributed by atoms with E-state index in [1.807, 2.05) is 6.92 Å². The van der Waals surface area contributed by atoms with Gasteiger partial charge in [-0.2, -0.15) is 0 Å². The van der Waals surface area contributed by atoms with Crippen molar-refractivity contribution in [3.63, 3.8) is 0 Å². The van der Waals surface area contributed by atoms with Crippen LogP contribution in [0.5, 0.6) is 0 Å². The fourth-order valence-electron chi connectivity index (χ4n) is 0.980. The summed E-state index contributed by atoms with van der Waals surface area (Å²) < 4.78 is 4.93. The van der Waals surface area contributed by atoms with Crippen molar-refractivity contribution >= 4 is 34.9 Å². The van der Waals surface area contributed by atoms with E-state index >= 15 is 0 Å². The number of hydrogen-bond acceptors (Lipinski definition) is 3. The molecule has 2 N–H and O–H groups in total. The van der Waals surface area contributed by atoms with Crippen molar-refractivity contribution in [3.8, 4) is 0 Å². The van der Waals surface area contributed by atoms with Gasteiger partial charge in [0.1, 0.15) is 0 Å². The number of nitrogens with two attached hydrogens (primary N) is 1. The van der Waals surface area contributed by atoms with Crippen molar-refractivity contribution in [2.45, 2.75) is 13.3 Å². The average Bonchev–Trinajstić information content (AvgIpc) is 2.21. The molecule has 0 radical (unpaired) electrons. The van der Waals surface area contributed by atoms with Crippen molar-refractivity contribution in [3.05, 3.63) is 27.7 Å². The van der Waals surface area contributed by atoms with Crippen LogP contribution in [-0.2, 0) is 4.74 Å². The Hall–Kier alpha value is -0.930. The highest BCUT2D eigenvalue weighted by molar-refractivity contribution is 6.39. The molecule has 0 heterocycles. The van der Waals surface area contributed by atoms with E-state index in [0.717, 1.165) is 6.42 Å². The maximum absolute atomic E-state index is 11.4. The van der Waals surface area contributed by atoms with Crippen LogP contribution in [0.2, 0.25) is 10.0 Å². The molecule has 1 rings (SSSR count). The van der Waals surface area contributed by atoms with E-state index in [1.165, 1.54) is 12.1 Å². The minimum absolute atomic E-state index is 0.256. The second-order valence-electron chi connectivity index (χ2n) is 2.99. The summed E-state index contributed by atoms with van der Waals surface area (Å²) in [6.07, 6.45) is 0.766. The molecule has 1 aromatic carbocycles. The van der Waals surface area contributed by atoms with Gasteiger partial charge >= 0.3 is 5.97 Å². The molecule has 0 aliphatic heterocycles. The van der Waals surface area contributed by atoms with Gasteiger partial charge in [0.25, 0.3) is 0 Å². The fourth-order valence-corrected chi connectivity index (χ4v) is 1.47. The fraction of sp³-hybridized carbons (Fsp3) is 0.300. The lowest BCUT2D eigenvalue weighted by atomic mass is 10.2. The van der Waals surface area contributed by atoms with Crippen LogP contribution in [0.15, 0.2) is 12.1 Å². The Labute approximate surface area is 98.1 Å². The predicted octanol–water partition coefficient (Wildman–Crippen LogP) is 3.14. The molecular weight excluding hydrogens is 237 g/mol. The molecule has 0 saturated carbocycles. The van der Waals surface area contributed by atoms with E-state index in [9.17, 15) is 4.79 Å². The highest BCUT2D eigenvalue weighted by atomic mass is 35.5. The summed E-state index contributed by atoms with van der Waals surface area (Å²) in [6, 6.07) is 2.89. The molecular formula is C10H11Cl2NO2. The third-order valence-corrected chi connectivity index (χ3v) is 2.38. The van der Waals surface area contributed by atoms with Crippen LogP contribution in [0.4, 0.5) is 5.69 Å². The minimum atomic E-state index is -0.444. The highest BCUT2D eigenvalue weighted by Gasteiger charge is 2.11. The number of anilines is 1. The number of halogens is 2. The second kappa shape index (κ2) is 5.24. The molecule has 0 fully saturated rings. The molecule has 3 nitrogen and oxygen atoms in total. The van der Waals surface area contributed by atoms with E-state index in [2.05, 4.69) is 0 Å². The van der Waals surface area contributed by atoms with Crippen molar-refractivity contribution in [2.75, 3.05) is 12.3 Å². The van der Waals surface area contributed by atoms with Gasteiger partial charge in [0.15, 0.2) is 0 Å². The van der Waals surface area contributed by atoms with Crippen LogP contribution in [0.3, 0.4) is 0 Å². The summed E-state index contributed by atoms with van der Waals surface area (Å²) in [5.74, 6) is -0.444. The Balaban J connectivity index is 2.91. The van der Waals surface area contributed by atoms with Crippen LogP contribution in [0.1, 0.15) is 23.7 Å². The van der Waals surface area contributed by atoms with E-state index < -0.39 is 5.97 Å². The van der Waals surface area contributed by atoms with Crippen molar-refractivity contribution < 1.29 is 9.53 Å². The van der Waals surface area contributed by atoms with Gasteiger partial charge in [-0.1, -0.05) is 30.1 Å². The van der Waals surface area contributed by atoms with Crippen molar-refractivity contribution in [1.82, 2.24) is 0 Å². The van der Waals surface area contributed by atoms with Gasteiger partial charge in [0, 0.05) is 0 Å².